The number of fused-ring (bicyclic) bond motifs is 1. The number of hydrogen-bond donors (Lipinski definition) is 0. The molecule has 0 bridgehead atoms. The van der Waals surface area contributed by atoms with Gasteiger partial charge in [0.25, 0.3) is 0 Å². The van der Waals surface area contributed by atoms with Crippen LogP contribution in [0.1, 0.15) is 5.56 Å². The number of thioether (sulfide) groups is 1. The SMILES string of the molecule is COc1ccc(-c2nnc3n2N=C(c2ccc(Cl)cc2)CS3)cc1OC. The Bertz CT molecular complexity index is 985. The Morgan fingerprint density at radius 1 is 0.962 bits per heavy atom. The first-order valence-corrected chi connectivity index (χ1v) is 9.20. The van der Waals surface area contributed by atoms with Gasteiger partial charge in [-0.25, -0.2) is 0 Å². The highest BCUT2D eigenvalue weighted by Gasteiger charge is 2.21. The lowest BCUT2D eigenvalue weighted by Gasteiger charge is -2.14. The van der Waals surface area contributed by atoms with Crippen LogP contribution in [0.5, 0.6) is 11.5 Å². The van der Waals surface area contributed by atoms with Gasteiger partial charge in [-0.3, -0.25) is 0 Å². The molecule has 2 aromatic carbocycles. The zero-order valence-corrected chi connectivity index (χ0v) is 15.7. The van der Waals surface area contributed by atoms with E-state index in [2.05, 4.69) is 10.2 Å². The van der Waals surface area contributed by atoms with Gasteiger partial charge < -0.3 is 9.47 Å². The Balaban J connectivity index is 1.77. The zero-order chi connectivity index (χ0) is 18.1. The highest BCUT2D eigenvalue weighted by molar-refractivity contribution is 7.99. The van der Waals surface area contributed by atoms with Gasteiger partial charge >= 0.3 is 0 Å². The Morgan fingerprint density at radius 3 is 2.42 bits per heavy atom. The molecule has 1 aromatic heterocycles. The molecular formula is C18H15ClN4O2S. The third-order valence-electron chi connectivity index (χ3n) is 3.99. The van der Waals surface area contributed by atoms with E-state index in [1.165, 1.54) is 0 Å². The molecule has 0 unspecified atom stereocenters. The predicted molar refractivity (Wildman–Crippen MR) is 103 cm³/mol. The van der Waals surface area contributed by atoms with E-state index >= 15 is 0 Å². The van der Waals surface area contributed by atoms with Gasteiger partial charge in [-0.1, -0.05) is 35.5 Å². The Morgan fingerprint density at radius 2 is 1.69 bits per heavy atom. The maximum absolute atomic E-state index is 5.98. The van der Waals surface area contributed by atoms with Gasteiger partial charge in [-0.15, -0.1) is 10.2 Å². The third kappa shape index (κ3) is 3.04. The molecular weight excluding hydrogens is 372 g/mol. The summed E-state index contributed by atoms with van der Waals surface area (Å²) in [5, 5.41) is 14.8. The number of rotatable bonds is 4. The molecule has 0 N–H and O–H groups in total. The predicted octanol–water partition coefficient (Wildman–Crippen LogP) is 3.97. The molecule has 0 saturated carbocycles. The molecule has 4 rings (SSSR count). The van der Waals surface area contributed by atoms with Crippen molar-refractivity contribution in [3.63, 3.8) is 0 Å². The van der Waals surface area contributed by atoms with E-state index in [0.29, 0.717) is 22.3 Å². The summed E-state index contributed by atoms with van der Waals surface area (Å²) in [6.07, 6.45) is 0. The van der Waals surface area contributed by atoms with Crippen molar-refractivity contribution >= 4 is 29.1 Å². The number of hydrogen-bond acceptors (Lipinski definition) is 6. The monoisotopic (exact) mass is 386 g/mol. The van der Waals surface area contributed by atoms with Crippen molar-refractivity contribution < 1.29 is 9.47 Å². The van der Waals surface area contributed by atoms with Crippen LogP contribution in [0.2, 0.25) is 5.02 Å². The maximum Gasteiger partial charge on any atom is 0.212 e. The van der Waals surface area contributed by atoms with Crippen molar-refractivity contribution in [2.24, 2.45) is 5.10 Å². The minimum Gasteiger partial charge on any atom is -0.493 e. The van der Waals surface area contributed by atoms with E-state index in [4.69, 9.17) is 26.2 Å². The number of benzene rings is 2. The Kier molecular flexibility index (Phi) is 4.57. The number of nitrogens with zero attached hydrogens (tertiary/aromatic N) is 4. The van der Waals surface area contributed by atoms with Gasteiger partial charge in [-0.05, 0) is 35.9 Å². The molecule has 2 heterocycles. The Hall–Kier alpha value is -2.51. The second kappa shape index (κ2) is 7.01. The lowest BCUT2D eigenvalue weighted by Crippen LogP contribution is -2.13. The number of halogens is 1. The van der Waals surface area contributed by atoms with Gasteiger partial charge in [0.1, 0.15) is 0 Å². The maximum atomic E-state index is 5.98. The highest BCUT2D eigenvalue weighted by atomic mass is 35.5. The highest BCUT2D eigenvalue weighted by Crippen LogP contribution is 2.34. The normalized spacial score (nSPS) is 13.1. The zero-order valence-electron chi connectivity index (χ0n) is 14.1. The fraction of sp³-hybridized carbons (Fsp3) is 0.167. The minimum absolute atomic E-state index is 0.632. The van der Waals surface area contributed by atoms with Crippen LogP contribution in [0.4, 0.5) is 0 Å². The average molecular weight is 387 g/mol. The van der Waals surface area contributed by atoms with Gasteiger partial charge in [-0.2, -0.15) is 9.78 Å². The molecule has 0 amide bonds. The molecule has 3 aromatic rings. The van der Waals surface area contributed by atoms with Crippen molar-refractivity contribution in [3.05, 3.63) is 53.1 Å². The largest absolute Gasteiger partial charge is 0.493 e. The van der Waals surface area contributed by atoms with E-state index < -0.39 is 0 Å². The van der Waals surface area contributed by atoms with Crippen molar-refractivity contribution in [2.45, 2.75) is 5.16 Å². The lowest BCUT2D eigenvalue weighted by atomic mass is 10.1. The van der Waals surface area contributed by atoms with Crippen LogP contribution in [0, 0.1) is 0 Å². The van der Waals surface area contributed by atoms with E-state index in [1.807, 2.05) is 42.5 Å². The molecule has 0 radical (unpaired) electrons. The molecule has 0 spiro atoms. The summed E-state index contributed by atoms with van der Waals surface area (Å²) in [6.45, 7) is 0. The topological polar surface area (TPSA) is 61.5 Å². The van der Waals surface area contributed by atoms with E-state index in [1.54, 1.807) is 30.7 Å². The molecule has 0 saturated heterocycles. The average Bonchev–Trinajstić information content (AvgIpc) is 3.11. The third-order valence-corrected chi connectivity index (χ3v) is 5.17. The minimum atomic E-state index is 0.632. The number of methoxy groups -OCH3 is 2. The lowest BCUT2D eigenvalue weighted by molar-refractivity contribution is 0.355. The first-order chi connectivity index (χ1) is 12.7. The molecule has 0 atom stereocenters. The van der Waals surface area contributed by atoms with Crippen LogP contribution in [0.15, 0.2) is 52.7 Å². The Labute approximate surface area is 159 Å². The summed E-state index contributed by atoms with van der Waals surface area (Å²) in [5.41, 5.74) is 2.82. The van der Waals surface area contributed by atoms with E-state index in [-0.39, 0.29) is 0 Å². The smallest absolute Gasteiger partial charge is 0.212 e. The van der Waals surface area contributed by atoms with E-state index in [9.17, 15) is 0 Å². The van der Waals surface area contributed by atoms with Gasteiger partial charge in [0.15, 0.2) is 17.3 Å². The summed E-state index contributed by atoms with van der Waals surface area (Å²) in [4.78, 5) is 0. The van der Waals surface area contributed by atoms with Crippen LogP contribution < -0.4 is 9.47 Å². The van der Waals surface area contributed by atoms with Gasteiger partial charge in [0.05, 0.1) is 19.9 Å². The van der Waals surface area contributed by atoms with Crippen molar-refractivity contribution in [1.82, 2.24) is 14.9 Å². The molecule has 0 aliphatic carbocycles. The van der Waals surface area contributed by atoms with E-state index in [0.717, 1.165) is 27.7 Å². The van der Waals surface area contributed by atoms with Gasteiger partial charge in [0, 0.05) is 16.3 Å². The molecule has 0 fully saturated rings. The van der Waals surface area contributed by atoms with Crippen LogP contribution in [0.25, 0.3) is 11.4 Å². The van der Waals surface area contributed by atoms with Crippen molar-refractivity contribution in [2.75, 3.05) is 20.0 Å². The van der Waals surface area contributed by atoms with Gasteiger partial charge in [0.2, 0.25) is 5.16 Å². The standard InChI is InChI=1S/C18H15ClN4O2S/c1-24-15-8-5-12(9-16(15)25-2)17-20-21-18-23(17)22-14(10-26-18)11-3-6-13(19)7-4-11/h3-9H,10H2,1-2H3. The molecule has 1 aliphatic heterocycles. The van der Waals surface area contributed by atoms with Crippen LogP contribution in [0.3, 0.4) is 0 Å². The number of ether oxygens (including phenoxy) is 2. The summed E-state index contributed by atoms with van der Waals surface area (Å²) >= 11 is 7.58. The molecule has 1 aliphatic rings. The summed E-state index contributed by atoms with van der Waals surface area (Å²) in [7, 11) is 3.21. The van der Waals surface area contributed by atoms with Crippen molar-refractivity contribution in [1.29, 1.82) is 0 Å². The van der Waals surface area contributed by atoms with Crippen LogP contribution >= 0.6 is 23.4 Å². The molecule has 6 nitrogen and oxygen atoms in total. The van der Waals surface area contributed by atoms with Crippen molar-refractivity contribution in [3.8, 4) is 22.9 Å². The molecule has 132 valence electrons. The fourth-order valence-corrected chi connectivity index (χ4v) is 3.63. The second-order valence-corrected chi connectivity index (χ2v) is 6.91. The number of aromatic nitrogens is 3. The molecule has 8 heteroatoms. The first kappa shape index (κ1) is 16.9. The van der Waals surface area contributed by atoms with Crippen LogP contribution in [-0.4, -0.2) is 40.6 Å². The first-order valence-electron chi connectivity index (χ1n) is 7.84. The molecule has 26 heavy (non-hydrogen) atoms. The fourth-order valence-electron chi connectivity index (χ4n) is 2.67. The summed E-state index contributed by atoms with van der Waals surface area (Å²) < 4.78 is 12.4. The summed E-state index contributed by atoms with van der Waals surface area (Å²) in [5.74, 6) is 2.67. The second-order valence-electron chi connectivity index (χ2n) is 5.53. The quantitative estimate of drug-likeness (QED) is 0.678. The van der Waals surface area contributed by atoms with Crippen LogP contribution in [-0.2, 0) is 0 Å². The summed E-state index contributed by atoms with van der Waals surface area (Å²) in [6, 6.07) is 13.3.